The fraction of sp³-hybridized carbons (Fsp3) is 0.400. The third-order valence-corrected chi connectivity index (χ3v) is 2.12. The van der Waals surface area contributed by atoms with Gasteiger partial charge in [-0.1, -0.05) is 6.07 Å². The highest BCUT2D eigenvalue weighted by atomic mass is 16.6. The van der Waals surface area contributed by atoms with Gasteiger partial charge in [-0.3, -0.25) is 10.1 Å². The van der Waals surface area contributed by atoms with Crippen LogP contribution in [0.2, 0.25) is 0 Å². The Morgan fingerprint density at radius 3 is 2.73 bits per heavy atom. The number of nitro benzene ring substituents is 1. The second-order valence-electron chi connectivity index (χ2n) is 3.60. The van der Waals surface area contributed by atoms with Crippen LogP contribution in [0.1, 0.15) is 18.9 Å². The Balaban J connectivity index is 2.78. The van der Waals surface area contributed by atoms with E-state index in [1.807, 2.05) is 6.92 Å². The van der Waals surface area contributed by atoms with Crippen molar-refractivity contribution in [2.75, 3.05) is 0 Å². The van der Waals surface area contributed by atoms with E-state index in [9.17, 15) is 15.2 Å². The lowest BCUT2D eigenvalue weighted by atomic mass is 10.1. The molecule has 0 saturated carbocycles. The van der Waals surface area contributed by atoms with Gasteiger partial charge in [-0.25, -0.2) is 0 Å². The van der Waals surface area contributed by atoms with Gasteiger partial charge in [0, 0.05) is 12.1 Å². The Labute approximate surface area is 87.7 Å². The quantitative estimate of drug-likeness (QED) is 0.583. The first-order valence-electron chi connectivity index (χ1n) is 4.72. The number of nitro groups is 1. The summed E-state index contributed by atoms with van der Waals surface area (Å²) >= 11 is 0. The Morgan fingerprint density at radius 1 is 1.60 bits per heavy atom. The van der Waals surface area contributed by atoms with Gasteiger partial charge in [0.2, 0.25) is 0 Å². The highest BCUT2D eigenvalue weighted by molar-refractivity contribution is 5.47. The summed E-state index contributed by atoms with van der Waals surface area (Å²) < 4.78 is 0. The van der Waals surface area contributed by atoms with Crippen molar-refractivity contribution in [1.82, 2.24) is 0 Å². The molecule has 82 valence electrons. The van der Waals surface area contributed by atoms with E-state index in [0.29, 0.717) is 6.42 Å². The standard InChI is InChI=1S/C10H14N2O3/c1-7(11)2-3-8-4-5-9(12(14)15)10(13)6-8/h4-7,13H,2-3,11H2,1H3. The molecule has 0 aliphatic rings. The summed E-state index contributed by atoms with van der Waals surface area (Å²) in [5.74, 6) is -0.290. The van der Waals surface area contributed by atoms with E-state index in [4.69, 9.17) is 5.73 Å². The molecule has 1 aromatic carbocycles. The zero-order valence-corrected chi connectivity index (χ0v) is 8.51. The van der Waals surface area contributed by atoms with Crippen LogP contribution in [0.5, 0.6) is 5.75 Å². The van der Waals surface area contributed by atoms with Crippen LogP contribution in [-0.2, 0) is 6.42 Å². The molecule has 1 atom stereocenters. The van der Waals surface area contributed by atoms with Crippen molar-refractivity contribution in [3.05, 3.63) is 33.9 Å². The number of phenolic OH excluding ortho intramolecular Hbond substituents is 1. The van der Waals surface area contributed by atoms with E-state index >= 15 is 0 Å². The molecule has 1 unspecified atom stereocenters. The molecule has 0 heterocycles. The van der Waals surface area contributed by atoms with Crippen LogP contribution in [0.3, 0.4) is 0 Å². The van der Waals surface area contributed by atoms with E-state index < -0.39 is 4.92 Å². The molecule has 0 spiro atoms. The van der Waals surface area contributed by atoms with Crippen LogP contribution < -0.4 is 5.73 Å². The number of aryl methyl sites for hydroxylation is 1. The van der Waals surface area contributed by atoms with Crippen molar-refractivity contribution in [3.8, 4) is 5.75 Å². The SMILES string of the molecule is CC(N)CCc1ccc([N+](=O)[O-])c(O)c1. The largest absolute Gasteiger partial charge is 0.502 e. The molecule has 0 bridgehead atoms. The van der Waals surface area contributed by atoms with E-state index in [1.54, 1.807) is 6.07 Å². The number of benzene rings is 1. The highest BCUT2D eigenvalue weighted by Crippen LogP contribution is 2.26. The summed E-state index contributed by atoms with van der Waals surface area (Å²) in [5, 5.41) is 19.8. The Hall–Kier alpha value is -1.62. The molecule has 5 heteroatoms. The maximum Gasteiger partial charge on any atom is 0.310 e. The Kier molecular flexibility index (Phi) is 3.62. The first-order valence-corrected chi connectivity index (χ1v) is 4.72. The number of hydrogen-bond donors (Lipinski definition) is 2. The van der Waals surface area contributed by atoms with Gasteiger partial charge in [0.25, 0.3) is 0 Å². The van der Waals surface area contributed by atoms with Crippen LogP contribution in [0, 0.1) is 10.1 Å². The summed E-state index contributed by atoms with van der Waals surface area (Å²) in [6, 6.07) is 4.45. The number of nitrogens with two attached hydrogens (primary N) is 1. The van der Waals surface area contributed by atoms with Gasteiger partial charge in [-0.2, -0.15) is 0 Å². The van der Waals surface area contributed by atoms with Crippen LogP contribution in [0.4, 0.5) is 5.69 Å². The molecular weight excluding hydrogens is 196 g/mol. The lowest BCUT2D eigenvalue weighted by molar-refractivity contribution is -0.385. The van der Waals surface area contributed by atoms with Gasteiger partial charge in [0.15, 0.2) is 5.75 Å². The maximum absolute atomic E-state index is 10.4. The summed E-state index contributed by atoms with van der Waals surface area (Å²) in [7, 11) is 0. The van der Waals surface area contributed by atoms with Crippen LogP contribution in [0.15, 0.2) is 18.2 Å². The van der Waals surface area contributed by atoms with Crippen molar-refractivity contribution in [1.29, 1.82) is 0 Å². The van der Waals surface area contributed by atoms with Crippen LogP contribution >= 0.6 is 0 Å². The third-order valence-electron chi connectivity index (χ3n) is 2.12. The zero-order valence-electron chi connectivity index (χ0n) is 8.51. The lowest BCUT2D eigenvalue weighted by Gasteiger charge is -2.05. The molecule has 0 radical (unpaired) electrons. The summed E-state index contributed by atoms with van der Waals surface area (Å²) in [4.78, 5) is 9.82. The first-order chi connectivity index (χ1) is 7.00. The minimum absolute atomic E-state index is 0.0855. The van der Waals surface area contributed by atoms with Crippen molar-refractivity contribution >= 4 is 5.69 Å². The fourth-order valence-electron chi connectivity index (χ4n) is 1.27. The monoisotopic (exact) mass is 210 g/mol. The van der Waals surface area contributed by atoms with E-state index in [1.165, 1.54) is 12.1 Å². The molecule has 0 amide bonds. The molecule has 0 saturated heterocycles. The maximum atomic E-state index is 10.4. The predicted octanol–water partition coefficient (Wildman–Crippen LogP) is 1.58. The van der Waals surface area contributed by atoms with E-state index in [-0.39, 0.29) is 17.5 Å². The van der Waals surface area contributed by atoms with Gasteiger partial charge in [-0.05, 0) is 31.4 Å². The van der Waals surface area contributed by atoms with Crippen LogP contribution in [0.25, 0.3) is 0 Å². The van der Waals surface area contributed by atoms with Gasteiger partial charge < -0.3 is 10.8 Å². The molecule has 0 fully saturated rings. The van der Waals surface area contributed by atoms with Gasteiger partial charge in [0.05, 0.1) is 4.92 Å². The average molecular weight is 210 g/mol. The minimum Gasteiger partial charge on any atom is -0.502 e. The molecule has 0 aliphatic heterocycles. The number of nitrogens with zero attached hydrogens (tertiary/aromatic N) is 1. The second-order valence-corrected chi connectivity index (χ2v) is 3.60. The molecule has 1 rings (SSSR count). The van der Waals surface area contributed by atoms with Gasteiger partial charge in [0.1, 0.15) is 0 Å². The van der Waals surface area contributed by atoms with Gasteiger partial charge >= 0.3 is 5.69 Å². The molecular formula is C10H14N2O3. The lowest BCUT2D eigenvalue weighted by Crippen LogP contribution is -2.15. The number of rotatable bonds is 4. The molecule has 3 N–H and O–H groups in total. The highest BCUT2D eigenvalue weighted by Gasteiger charge is 2.12. The van der Waals surface area contributed by atoms with E-state index in [0.717, 1.165) is 12.0 Å². The van der Waals surface area contributed by atoms with Crippen molar-refractivity contribution in [2.24, 2.45) is 5.73 Å². The van der Waals surface area contributed by atoms with Crippen molar-refractivity contribution in [2.45, 2.75) is 25.8 Å². The fourth-order valence-corrected chi connectivity index (χ4v) is 1.27. The normalized spacial score (nSPS) is 12.4. The zero-order chi connectivity index (χ0) is 11.4. The third kappa shape index (κ3) is 3.21. The van der Waals surface area contributed by atoms with Crippen molar-refractivity contribution < 1.29 is 10.0 Å². The summed E-state index contributed by atoms with van der Waals surface area (Å²) in [6.45, 7) is 1.89. The summed E-state index contributed by atoms with van der Waals surface area (Å²) in [6.07, 6.45) is 1.50. The minimum atomic E-state index is -0.606. The van der Waals surface area contributed by atoms with Crippen molar-refractivity contribution in [3.63, 3.8) is 0 Å². The molecule has 0 aliphatic carbocycles. The predicted molar refractivity (Wildman–Crippen MR) is 56.7 cm³/mol. The molecule has 5 nitrogen and oxygen atoms in total. The Morgan fingerprint density at radius 2 is 2.27 bits per heavy atom. The Bertz CT molecular complexity index is 364. The second kappa shape index (κ2) is 4.75. The van der Waals surface area contributed by atoms with Crippen LogP contribution in [-0.4, -0.2) is 16.1 Å². The first kappa shape index (κ1) is 11.5. The number of aromatic hydroxyl groups is 1. The van der Waals surface area contributed by atoms with Gasteiger partial charge in [-0.15, -0.1) is 0 Å². The van der Waals surface area contributed by atoms with E-state index in [2.05, 4.69) is 0 Å². The smallest absolute Gasteiger partial charge is 0.310 e. The average Bonchev–Trinajstić information content (AvgIpc) is 2.14. The topological polar surface area (TPSA) is 89.4 Å². The number of phenols is 1. The number of hydrogen-bond acceptors (Lipinski definition) is 4. The summed E-state index contributed by atoms with van der Waals surface area (Å²) in [5.41, 5.74) is 6.18. The molecule has 1 aromatic rings. The molecule has 0 aromatic heterocycles. The molecule has 15 heavy (non-hydrogen) atoms.